The molecule has 6 nitrogen and oxygen atoms in total. The van der Waals surface area contributed by atoms with Gasteiger partial charge in [0, 0.05) is 23.6 Å². The summed E-state index contributed by atoms with van der Waals surface area (Å²) in [7, 11) is 0. The lowest BCUT2D eigenvalue weighted by Crippen LogP contribution is -3.14. The largest absolute Gasteiger partial charge is 0.507 e. The number of carbonyl (C=O) groups excluding carboxylic acids is 2. The average molecular weight is 456 g/mol. The predicted molar refractivity (Wildman–Crippen MR) is 123 cm³/mol. The fraction of sp³-hybridized carbons (Fsp3) is 0.360. The van der Waals surface area contributed by atoms with Crippen molar-refractivity contribution in [1.82, 2.24) is 4.90 Å². The van der Waals surface area contributed by atoms with Crippen molar-refractivity contribution in [3.05, 3.63) is 75.8 Å². The Morgan fingerprint density at radius 1 is 1.09 bits per heavy atom. The summed E-state index contributed by atoms with van der Waals surface area (Å²) in [5, 5.41) is 11.6. The molecular formula is C25H28ClN2O4+. The maximum Gasteiger partial charge on any atom is 0.295 e. The monoisotopic (exact) mass is 455 g/mol. The van der Waals surface area contributed by atoms with E-state index in [4.69, 9.17) is 16.3 Å². The third kappa shape index (κ3) is 4.72. The summed E-state index contributed by atoms with van der Waals surface area (Å²) in [6.45, 7) is 6.76. The predicted octanol–water partition coefficient (Wildman–Crippen LogP) is 2.38. The standard InChI is InChI=1S/C25H27ClN2O4/c1-17-3-5-18(6-4-17)22-21(23(29)19-7-9-20(26)10-8-19)24(30)25(31)28(22)12-2-11-27-13-15-32-16-14-27/h3-10,22,29H,2,11-16H2,1H3/p+1. The number of amides is 1. The van der Waals surface area contributed by atoms with E-state index in [2.05, 4.69) is 0 Å². The summed E-state index contributed by atoms with van der Waals surface area (Å²) >= 11 is 5.97. The highest BCUT2D eigenvalue weighted by molar-refractivity contribution is 6.46. The van der Waals surface area contributed by atoms with Gasteiger partial charge in [-0.05, 0) is 36.8 Å². The van der Waals surface area contributed by atoms with Crippen molar-refractivity contribution in [1.29, 1.82) is 0 Å². The van der Waals surface area contributed by atoms with Crippen LogP contribution in [0.3, 0.4) is 0 Å². The quantitative estimate of drug-likeness (QED) is 0.398. The van der Waals surface area contributed by atoms with Crippen molar-refractivity contribution >= 4 is 29.1 Å². The van der Waals surface area contributed by atoms with Crippen LogP contribution >= 0.6 is 11.6 Å². The molecule has 168 valence electrons. The van der Waals surface area contributed by atoms with Crippen molar-refractivity contribution < 1.29 is 24.3 Å². The number of nitrogens with one attached hydrogen (secondary N) is 1. The van der Waals surface area contributed by atoms with Gasteiger partial charge < -0.3 is 19.6 Å². The lowest BCUT2D eigenvalue weighted by molar-refractivity contribution is -0.908. The van der Waals surface area contributed by atoms with Crippen LogP contribution < -0.4 is 4.90 Å². The zero-order valence-electron chi connectivity index (χ0n) is 18.1. The molecule has 7 heteroatoms. The normalized spacial score (nSPS) is 21.3. The SMILES string of the molecule is Cc1ccc(C2C(=C(O)c3ccc(Cl)cc3)C(=O)C(=O)N2CCC[NH+]2CCOCC2)cc1. The van der Waals surface area contributed by atoms with Gasteiger partial charge in [0.1, 0.15) is 18.8 Å². The number of ether oxygens (including phenoxy) is 1. The van der Waals surface area contributed by atoms with Crippen molar-refractivity contribution in [3.8, 4) is 0 Å². The summed E-state index contributed by atoms with van der Waals surface area (Å²) < 4.78 is 5.41. The highest BCUT2D eigenvalue weighted by Crippen LogP contribution is 2.39. The summed E-state index contributed by atoms with van der Waals surface area (Å²) in [6.07, 6.45) is 0.770. The van der Waals surface area contributed by atoms with Crippen molar-refractivity contribution in [2.45, 2.75) is 19.4 Å². The van der Waals surface area contributed by atoms with Crippen LogP contribution in [0.4, 0.5) is 0 Å². The topological polar surface area (TPSA) is 71.3 Å². The second-order valence-corrected chi connectivity index (χ2v) is 8.81. The van der Waals surface area contributed by atoms with Crippen LogP contribution in [0.2, 0.25) is 5.02 Å². The number of halogens is 1. The molecule has 0 spiro atoms. The van der Waals surface area contributed by atoms with Gasteiger partial charge in [-0.25, -0.2) is 0 Å². The Balaban J connectivity index is 1.66. The smallest absolute Gasteiger partial charge is 0.295 e. The van der Waals surface area contributed by atoms with E-state index in [9.17, 15) is 14.7 Å². The lowest BCUT2D eigenvalue weighted by Gasteiger charge is -2.27. The Kier molecular flexibility index (Phi) is 6.94. The van der Waals surface area contributed by atoms with Crippen LogP contribution in [0.1, 0.15) is 29.2 Å². The molecule has 4 rings (SSSR count). The fourth-order valence-electron chi connectivity index (χ4n) is 4.38. The summed E-state index contributed by atoms with van der Waals surface area (Å²) in [5.41, 5.74) is 2.48. The highest BCUT2D eigenvalue weighted by Gasteiger charge is 2.45. The molecule has 2 aliphatic rings. The number of quaternary nitrogens is 1. The van der Waals surface area contributed by atoms with Gasteiger partial charge in [-0.2, -0.15) is 0 Å². The summed E-state index contributed by atoms with van der Waals surface area (Å²) in [6, 6.07) is 13.7. The van der Waals surface area contributed by atoms with Gasteiger partial charge in [-0.3, -0.25) is 9.59 Å². The number of hydrogen-bond acceptors (Lipinski definition) is 4. The highest BCUT2D eigenvalue weighted by atomic mass is 35.5. The molecule has 2 aliphatic heterocycles. The van der Waals surface area contributed by atoms with Crippen molar-refractivity contribution in [2.75, 3.05) is 39.4 Å². The molecule has 0 radical (unpaired) electrons. The van der Waals surface area contributed by atoms with Crippen LogP contribution in [-0.2, 0) is 14.3 Å². The third-order valence-electron chi connectivity index (χ3n) is 6.18. The van der Waals surface area contributed by atoms with Crippen LogP contribution in [0.5, 0.6) is 0 Å². The maximum atomic E-state index is 13.1. The Bertz CT molecular complexity index is 1010. The number of carbonyl (C=O) groups is 2. The number of hydrogen-bond donors (Lipinski definition) is 2. The van der Waals surface area contributed by atoms with Crippen molar-refractivity contribution in [3.63, 3.8) is 0 Å². The molecule has 2 saturated heterocycles. The fourth-order valence-corrected chi connectivity index (χ4v) is 4.50. The molecule has 0 aliphatic carbocycles. The Hall–Kier alpha value is -2.67. The minimum Gasteiger partial charge on any atom is -0.507 e. The van der Waals surface area contributed by atoms with Gasteiger partial charge in [0.2, 0.25) is 0 Å². The molecule has 0 bridgehead atoms. The first kappa shape index (κ1) is 22.5. The molecule has 1 unspecified atom stereocenters. The molecular weight excluding hydrogens is 428 g/mol. The number of Topliss-reactive ketones (excluding diaryl/α,β-unsaturated/α-hetero) is 1. The van der Waals surface area contributed by atoms with Crippen LogP contribution in [0, 0.1) is 6.92 Å². The van der Waals surface area contributed by atoms with E-state index in [1.54, 1.807) is 29.2 Å². The Labute approximate surface area is 193 Å². The number of nitrogens with zero attached hydrogens (tertiary/aromatic N) is 1. The van der Waals surface area contributed by atoms with E-state index < -0.39 is 17.7 Å². The van der Waals surface area contributed by atoms with Gasteiger partial charge in [0.15, 0.2) is 0 Å². The first-order valence-electron chi connectivity index (χ1n) is 11.0. The number of benzene rings is 2. The zero-order valence-corrected chi connectivity index (χ0v) is 18.9. The van der Waals surface area contributed by atoms with E-state index in [0.29, 0.717) is 17.1 Å². The third-order valence-corrected chi connectivity index (χ3v) is 6.43. The first-order valence-corrected chi connectivity index (χ1v) is 11.4. The molecule has 32 heavy (non-hydrogen) atoms. The first-order chi connectivity index (χ1) is 15.5. The summed E-state index contributed by atoms with van der Waals surface area (Å²) in [4.78, 5) is 29.1. The average Bonchev–Trinajstić information content (AvgIpc) is 3.05. The molecule has 0 aromatic heterocycles. The van der Waals surface area contributed by atoms with E-state index in [1.165, 1.54) is 4.90 Å². The van der Waals surface area contributed by atoms with E-state index in [-0.39, 0.29) is 11.3 Å². The van der Waals surface area contributed by atoms with Crippen LogP contribution in [0.25, 0.3) is 5.76 Å². The van der Waals surface area contributed by atoms with E-state index in [0.717, 1.165) is 50.4 Å². The van der Waals surface area contributed by atoms with Gasteiger partial charge in [0.05, 0.1) is 31.4 Å². The van der Waals surface area contributed by atoms with Crippen LogP contribution in [-0.4, -0.2) is 61.1 Å². The van der Waals surface area contributed by atoms with E-state index >= 15 is 0 Å². The lowest BCUT2D eigenvalue weighted by atomic mass is 9.94. The summed E-state index contributed by atoms with van der Waals surface area (Å²) in [5.74, 6) is -1.39. The maximum absolute atomic E-state index is 13.1. The number of aliphatic hydroxyl groups excluding tert-OH is 1. The molecule has 0 saturated carbocycles. The van der Waals surface area contributed by atoms with Gasteiger partial charge in [0.25, 0.3) is 11.7 Å². The molecule has 2 N–H and O–H groups in total. The molecule has 2 heterocycles. The number of morpholine rings is 1. The molecule has 2 fully saturated rings. The second kappa shape index (κ2) is 9.86. The minimum atomic E-state index is -0.651. The van der Waals surface area contributed by atoms with Gasteiger partial charge >= 0.3 is 0 Å². The zero-order chi connectivity index (χ0) is 22.7. The number of likely N-dealkylation sites (tertiary alicyclic amines) is 1. The number of ketones is 1. The van der Waals surface area contributed by atoms with Crippen LogP contribution in [0.15, 0.2) is 54.1 Å². The van der Waals surface area contributed by atoms with Crippen molar-refractivity contribution in [2.24, 2.45) is 0 Å². The molecule has 2 aromatic rings. The number of aryl methyl sites for hydroxylation is 1. The Morgan fingerprint density at radius 2 is 1.75 bits per heavy atom. The molecule has 2 aromatic carbocycles. The van der Waals surface area contributed by atoms with Gasteiger partial charge in [-0.15, -0.1) is 0 Å². The minimum absolute atomic E-state index is 0.125. The number of rotatable bonds is 6. The Morgan fingerprint density at radius 3 is 2.41 bits per heavy atom. The molecule has 1 amide bonds. The molecule has 1 atom stereocenters. The second-order valence-electron chi connectivity index (χ2n) is 8.38. The number of aliphatic hydroxyl groups is 1. The van der Waals surface area contributed by atoms with Gasteiger partial charge in [-0.1, -0.05) is 41.4 Å². The van der Waals surface area contributed by atoms with E-state index in [1.807, 2.05) is 31.2 Å².